The summed E-state index contributed by atoms with van der Waals surface area (Å²) in [7, 11) is 1.52. The van der Waals surface area contributed by atoms with Crippen molar-refractivity contribution in [2.45, 2.75) is 0 Å². The quantitative estimate of drug-likeness (QED) is 0.555. The summed E-state index contributed by atoms with van der Waals surface area (Å²) in [6, 6.07) is 6.41. The summed E-state index contributed by atoms with van der Waals surface area (Å²) in [5, 5.41) is 11.2. The molecule has 0 atom stereocenters. The van der Waals surface area contributed by atoms with Crippen LogP contribution in [0.1, 0.15) is 0 Å². The van der Waals surface area contributed by atoms with Crippen LogP contribution in [-0.2, 0) is 0 Å². The van der Waals surface area contributed by atoms with E-state index in [0.29, 0.717) is 16.7 Å². The lowest BCUT2D eigenvalue weighted by atomic mass is 10.2. The number of fused-ring (bicyclic) bond motifs is 1. The maximum absolute atomic E-state index is 10.8. The van der Waals surface area contributed by atoms with Crippen molar-refractivity contribution in [3.63, 3.8) is 0 Å². The predicted molar refractivity (Wildman–Crippen MR) is 54.9 cm³/mol. The summed E-state index contributed by atoms with van der Waals surface area (Å²) in [5.74, 6) is 0.582. The molecule has 0 unspecified atom stereocenters. The van der Waals surface area contributed by atoms with Crippen molar-refractivity contribution >= 4 is 16.6 Å². The average molecular weight is 204 g/mol. The minimum Gasteiger partial charge on any atom is -0.497 e. The Morgan fingerprint density at radius 3 is 2.87 bits per heavy atom. The number of ether oxygens (including phenoxy) is 1. The van der Waals surface area contributed by atoms with Crippen LogP contribution < -0.4 is 4.74 Å². The second kappa shape index (κ2) is 3.53. The summed E-state index contributed by atoms with van der Waals surface area (Å²) < 4.78 is 5.01. The zero-order valence-corrected chi connectivity index (χ0v) is 8.01. The van der Waals surface area contributed by atoms with Crippen LogP contribution in [0.4, 0.5) is 5.69 Å². The fourth-order valence-electron chi connectivity index (χ4n) is 1.40. The van der Waals surface area contributed by atoms with Crippen molar-refractivity contribution < 1.29 is 9.66 Å². The molecular weight excluding hydrogens is 196 g/mol. The van der Waals surface area contributed by atoms with Crippen LogP contribution in [0.15, 0.2) is 30.5 Å². The van der Waals surface area contributed by atoms with E-state index in [9.17, 15) is 10.1 Å². The number of methoxy groups -OCH3 is 1. The number of hydrogen-bond donors (Lipinski definition) is 0. The number of benzene rings is 1. The van der Waals surface area contributed by atoms with Gasteiger partial charge in [0.2, 0.25) is 0 Å². The Balaban J connectivity index is 2.76. The van der Waals surface area contributed by atoms with Crippen LogP contribution in [0.25, 0.3) is 10.9 Å². The molecule has 0 N–H and O–H groups in total. The van der Waals surface area contributed by atoms with Gasteiger partial charge in [0, 0.05) is 12.3 Å². The summed E-state index contributed by atoms with van der Waals surface area (Å²) in [4.78, 5) is 14.4. The number of nitro groups is 1. The Morgan fingerprint density at radius 2 is 2.20 bits per heavy atom. The molecule has 0 spiro atoms. The number of rotatable bonds is 2. The molecular formula is C10H8N2O3. The van der Waals surface area contributed by atoms with Crippen molar-refractivity contribution in [3.8, 4) is 5.75 Å². The van der Waals surface area contributed by atoms with Gasteiger partial charge in [0.25, 0.3) is 5.69 Å². The molecule has 5 heteroatoms. The minimum absolute atomic E-state index is 0.0406. The van der Waals surface area contributed by atoms with Gasteiger partial charge in [-0.3, -0.25) is 15.1 Å². The van der Waals surface area contributed by atoms with Crippen molar-refractivity contribution in [3.05, 3.63) is 40.6 Å². The van der Waals surface area contributed by atoms with Crippen LogP contribution in [0.3, 0.4) is 0 Å². The van der Waals surface area contributed by atoms with E-state index in [1.807, 2.05) is 0 Å². The summed E-state index contributed by atoms with van der Waals surface area (Å²) >= 11 is 0. The predicted octanol–water partition coefficient (Wildman–Crippen LogP) is 2.15. The van der Waals surface area contributed by atoms with Crippen LogP contribution in [0.5, 0.6) is 5.75 Å². The molecule has 0 amide bonds. The molecule has 0 fully saturated rings. The first-order valence-electron chi connectivity index (χ1n) is 4.29. The minimum atomic E-state index is -0.427. The SMILES string of the molecule is COc1ccc2nccc([N+](=O)[O-])c2c1. The van der Waals surface area contributed by atoms with Gasteiger partial charge in [-0.2, -0.15) is 0 Å². The first-order valence-corrected chi connectivity index (χ1v) is 4.29. The Morgan fingerprint density at radius 1 is 1.40 bits per heavy atom. The highest BCUT2D eigenvalue weighted by Crippen LogP contribution is 2.26. The van der Waals surface area contributed by atoms with Gasteiger partial charge in [-0.15, -0.1) is 0 Å². The van der Waals surface area contributed by atoms with Crippen molar-refractivity contribution in [2.24, 2.45) is 0 Å². The van der Waals surface area contributed by atoms with Gasteiger partial charge in [0.05, 0.1) is 22.9 Å². The summed E-state index contributed by atoms with van der Waals surface area (Å²) in [5.41, 5.74) is 0.629. The van der Waals surface area contributed by atoms with E-state index in [1.54, 1.807) is 18.2 Å². The van der Waals surface area contributed by atoms with Gasteiger partial charge < -0.3 is 4.74 Å². The molecule has 0 aliphatic heterocycles. The molecule has 15 heavy (non-hydrogen) atoms. The third-order valence-corrected chi connectivity index (χ3v) is 2.12. The van der Waals surface area contributed by atoms with Crippen LogP contribution in [-0.4, -0.2) is 17.0 Å². The Hall–Kier alpha value is -2.17. The zero-order chi connectivity index (χ0) is 10.8. The maximum atomic E-state index is 10.8. The fourth-order valence-corrected chi connectivity index (χ4v) is 1.40. The summed E-state index contributed by atoms with van der Waals surface area (Å²) in [6.07, 6.45) is 1.42. The molecule has 2 rings (SSSR count). The molecule has 76 valence electrons. The molecule has 0 saturated carbocycles. The highest BCUT2D eigenvalue weighted by Gasteiger charge is 2.12. The number of nitrogens with zero attached hydrogens (tertiary/aromatic N) is 2. The van der Waals surface area contributed by atoms with Crippen molar-refractivity contribution in [1.29, 1.82) is 0 Å². The molecule has 1 heterocycles. The van der Waals surface area contributed by atoms with E-state index in [1.165, 1.54) is 19.4 Å². The van der Waals surface area contributed by atoms with E-state index in [-0.39, 0.29) is 5.69 Å². The van der Waals surface area contributed by atoms with Gasteiger partial charge in [-0.05, 0) is 18.2 Å². The lowest BCUT2D eigenvalue weighted by Crippen LogP contribution is -1.91. The average Bonchev–Trinajstić information content (AvgIpc) is 2.27. The van der Waals surface area contributed by atoms with Gasteiger partial charge in [-0.1, -0.05) is 0 Å². The molecule has 0 aliphatic rings. The smallest absolute Gasteiger partial charge is 0.280 e. The zero-order valence-electron chi connectivity index (χ0n) is 8.01. The van der Waals surface area contributed by atoms with Crippen LogP contribution in [0, 0.1) is 10.1 Å². The van der Waals surface area contributed by atoms with Crippen LogP contribution in [0.2, 0.25) is 0 Å². The normalized spacial score (nSPS) is 10.2. The van der Waals surface area contributed by atoms with E-state index in [2.05, 4.69) is 4.98 Å². The Bertz CT molecular complexity index is 525. The van der Waals surface area contributed by atoms with E-state index in [0.717, 1.165) is 0 Å². The lowest BCUT2D eigenvalue weighted by Gasteiger charge is -2.01. The molecule has 0 saturated heterocycles. The second-order valence-electron chi connectivity index (χ2n) is 2.97. The molecule has 0 aliphatic carbocycles. The van der Waals surface area contributed by atoms with Gasteiger partial charge in [-0.25, -0.2) is 0 Å². The molecule has 1 aromatic carbocycles. The van der Waals surface area contributed by atoms with E-state index < -0.39 is 4.92 Å². The van der Waals surface area contributed by atoms with E-state index in [4.69, 9.17) is 4.74 Å². The molecule has 0 bridgehead atoms. The lowest BCUT2D eigenvalue weighted by molar-refractivity contribution is -0.383. The highest BCUT2D eigenvalue weighted by molar-refractivity contribution is 5.88. The van der Waals surface area contributed by atoms with Crippen molar-refractivity contribution in [2.75, 3.05) is 7.11 Å². The molecule has 5 nitrogen and oxygen atoms in total. The molecule has 2 aromatic rings. The van der Waals surface area contributed by atoms with Gasteiger partial charge in [0.1, 0.15) is 5.75 Å². The fraction of sp³-hybridized carbons (Fsp3) is 0.100. The monoisotopic (exact) mass is 204 g/mol. The number of hydrogen-bond acceptors (Lipinski definition) is 4. The topological polar surface area (TPSA) is 65.3 Å². The second-order valence-corrected chi connectivity index (χ2v) is 2.97. The maximum Gasteiger partial charge on any atom is 0.280 e. The largest absolute Gasteiger partial charge is 0.497 e. The van der Waals surface area contributed by atoms with Crippen molar-refractivity contribution in [1.82, 2.24) is 4.98 Å². The third kappa shape index (κ3) is 1.59. The third-order valence-electron chi connectivity index (χ3n) is 2.12. The number of aromatic nitrogens is 1. The molecule has 0 radical (unpaired) electrons. The Kier molecular flexibility index (Phi) is 2.21. The first-order chi connectivity index (χ1) is 7.22. The first kappa shape index (κ1) is 9.39. The van der Waals surface area contributed by atoms with Gasteiger partial charge in [0.15, 0.2) is 0 Å². The standard InChI is InChI=1S/C10H8N2O3/c1-15-7-2-3-9-8(6-7)10(12(13)14)4-5-11-9/h2-6H,1H3. The van der Waals surface area contributed by atoms with E-state index >= 15 is 0 Å². The molecule has 1 aromatic heterocycles. The number of pyridine rings is 1. The highest BCUT2D eigenvalue weighted by atomic mass is 16.6. The summed E-state index contributed by atoms with van der Waals surface area (Å²) in [6.45, 7) is 0. The van der Waals surface area contributed by atoms with Gasteiger partial charge >= 0.3 is 0 Å². The Labute approximate surface area is 85.5 Å². The van der Waals surface area contributed by atoms with Crippen LogP contribution >= 0.6 is 0 Å².